The third-order valence-electron chi connectivity index (χ3n) is 6.54. The SMILES string of the molecule is CC1CN(CCC(N)(CCN2CCOC(C)C2)CN2CC(C)OC(C)C2)CCO1. The summed E-state index contributed by atoms with van der Waals surface area (Å²) in [7, 11) is 0. The van der Waals surface area contributed by atoms with Gasteiger partial charge in [0.15, 0.2) is 0 Å². The zero-order chi connectivity index (χ0) is 20.9. The lowest BCUT2D eigenvalue weighted by atomic mass is 9.90. The predicted molar refractivity (Wildman–Crippen MR) is 116 cm³/mol. The lowest BCUT2D eigenvalue weighted by Gasteiger charge is -2.43. The Balaban J connectivity index is 1.57. The van der Waals surface area contributed by atoms with Gasteiger partial charge in [0.2, 0.25) is 0 Å². The van der Waals surface area contributed by atoms with E-state index >= 15 is 0 Å². The summed E-state index contributed by atoms with van der Waals surface area (Å²) in [5.74, 6) is 0. The van der Waals surface area contributed by atoms with Crippen molar-refractivity contribution in [1.82, 2.24) is 14.7 Å². The van der Waals surface area contributed by atoms with Crippen molar-refractivity contribution in [2.45, 2.75) is 70.5 Å². The summed E-state index contributed by atoms with van der Waals surface area (Å²) in [5.41, 5.74) is 6.94. The van der Waals surface area contributed by atoms with Crippen molar-refractivity contribution in [3.8, 4) is 0 Å². The monoisotopic (exact) mass is 412 g/mol. The molecule has 3 aliphatic heterocycles. The quantitative estimate of drug-likeness (QED) is 0.638. The van der Waals surface area contributed by atoms with Crippen LogP contribution in [-0.2, 0) is 14.2 Å². The molecule has 0 aromatic heterocycles. The summed E-state index contributed by atoms with van der Waals surface area (Å²) in [5, 5.41) is 0. The molecule has 3 aliphatic rings. The van der Waals surface area contributed by atoms with Gasteiger partial charge in [-0.25, -0.2) is 0 Å². The summed E-state index contributed by atoms with van der Waals surface area (Å²) >= 11 is 0. The Hall–Kier alpha value is -0.280. The minimum atomic E-state index is -0.181. The molecular formula is C22H44N4O3. The van der Waals surface area contributed by atoms with E-state index in [1.807, 2.05) is 0 Å². The zero-order valence-electron chi connectivity index (χ0n) is 19.1. The number of ether oxygens (including phenoxy) is 3. The molecule has 29 heavy (non-hydrogen) atoms. The third kappa shape index (κ3) is 7.73. The fraction of sp³-hybridized carbons (Fsp3) is 1.00. The van der Waals surface area contributed by atoms with Crippen molar-refractivity contribution >= 4 is 0 Å². The summed E-state index contributed by atoms with van der Waals surface area (Å²) in [4.78, 5) is 7.58. The van der Waals surface area contributed by atoms with Gasteiger partial charge in [0.1, 0.15) is 0 Å². The number of hydrogen-bond acceptors (Lipinski definition) is 7. The molecule has 3 rings (SSSR count). The van der Waals surface area contributed by atoms with Gasteiger partial charge < -0.3 is 19.9 Å². The normalized spacial score (nSPS) is 35.5. The summed E-state index contributed by atoms with van der Waals surface area (Å²) < 4.78 is 17.4. The molecule has 0 saturated carbocycles. The van der Waals surface area contributed by atoms with Crippen LogP contribution in [0.25, 0.3) is 0 Å². The molecule has 4 atom stereocenters. The van der Waals surface area contributed by atoms with Gasteiger partial charge in [-0.2, -0.15) is 0 Å². The molecule has 0 spiro atoms. The minimum Gasteiger partial charge on any atom is -0.376 e. The Morgan fingerprint density at radius 2 is 1.17 bits per heavy atom. The highest BCUT2D eigenvalue weighted by molar-refractivity contribution is 4.92. The van der Waals surface area contributed by atoms with Crippen molar-refractivity contribution in [3.05, 3.63) is 0 Å². The number of hydrogen-bond donors (Lipinski definition) is 1. The van der Waals surface area contributed by atoms with E-state index in [1.165, 1.54) is 0 Å². The highest BCUT2D eigenvalue weighted by atomic mass is 16.5. The number of morpholine rings is 3. The topological polar surface area (TPSA) is 63.4 Å². The zero-order valence-corrected chi connectivity index (χ0v) is 19.1. The third-order valence-corrected chi connectivity index (χ3v) is 6.54. The molecule has 3 fully saturated rings. The summed E-state index contributed by atoms with van der Waals surface area (Å²) in [6, 6.07) is 0. The summed E-state index contributed by atoms with van der Waals surface area (Å²) in [6.07, 6.45) is 3.27. The molecule has 0 aliphatic carbocycles. The van der Waals surface area contributed by atoms with E-state index in [0.29, 0.717) is 12.2 Å². The molecule has 7 nitrogen and oxygen atoms in total. The van der Waals surface area contributed by atoms with Crippen LogP contribution in [0.15, 0.2) is 0 Å². The van der Waals surface area contributed by atoms with Crippen molar-refractivity contribution < 1.29 is 14.2 Å². The summed E-state index contributed by atoms with van der Waals surface area (Å²) in [6.45, 7) is 19.4. The first-order chi connectivity index (χ1) is 13.8. The van der Waals surface area contributed by atoms with E-state index in [4.69, 9.17) is 19.9 Å². The van der Waals surface area contributed by atoms with Crippen molar-refractivity contribution in [2.75, 3.05) is 72.1 Å². The Morgan fingerprint density at radius 3 is 1.62 bits per heavy atom. The van der Waals surface area contributed by atoms with Crippen LogP contribution in [0.5, 0.6) is 0 Å². The van der Waals surface area contributed by atoms with Crippen LogP contribution in [-0.4, -0.2) is 117 Å². The molecule has 2 N–H and O–H groups in total. The van der Waals surface area contributed by atoms with Crippen LogP contribution in [0.4, 0.5) is 0 Å². The molecule has 3 saturated heterocycles. The van der Waals surface area contributed by atoms with Gasteiger partial charge in [0, 0.05) is 64.4 Å². The Bertz CT molecular complexity index is 459. The first-order valence-corrected chi connectivity index (χ1v) is 11.7. The van der Waals surface area contributed by atoms with E-state index in [0.717, 1.165) is 85.0 Å². The average Bonchev–Trinajstić information content (AvgIpc) is 2.64. The second-order valence-electron chi connectivity index (χ2n) is 9.78. The molecule has 4 unspecified atom stereocenters. The maximum atomic E-state index is 7.13. The maximum absolute atomic E-state index is 7.13. The van der Waals surface area contributed by atoms with E-state index in [9.17, 15) is 0 Å². The largest absolute Gasteiger partial charge is 0.376 e. The second kappa shape index (κ2) is 10.8. The molecule has 3 heterocycles. The number of rotatable bonds is 8. The lowest BCUT2D eigenvalue weighted by Crippen LogP contribution is -2.58. The van der Waals surface area contributed by atoms with Gasteiger partial charge in [0.05, 0.1) is 37.6 Å². The van der Waals surface area contributed by atoms with Crippen molar-refractivity contribution in [2.24, 2.45) is 5.73 Å². The Labute approximate surface area is 177 Å². The van der Waals surface area contributed by atoms with Crippen molar-refractivity contribution in [1.29, 1.82) is 0 Å². The minimum absolute atomic E-state index is 0.181. The molecule has 0 radical (unpaired) electrons. The Kier molecular flexibility index (Phi) is 8.74. The first kappa shape index (κ1) is 23.4. The van der Waals surface area contributed by atoms with Gasteiger partial charge in [-0.15, -0.1) is 0 Å². The van der Waals surface area contributed by atoms with E-state index in [-0.39, 0.29) is 17.7 Å². The second-order valence-corrected chi connectivity index (χ2v) is 9.78. The molecule has 170 valence electrons. The highest BCUT2D eigenvalue weighted by Crippen LogP contribution is 2.21. The fourth-order valence-corrected chi connectivity index (χ4v) is 5.09. The average molecular weight is 413 g/mol. The molecular weight excluding hydrogens is 368 g/mol. The van der Waals surface area contributed by atoms with Gasteiger partial charge >= 0.3 is 0 Å². The van der Waals surface area contributed by atoms with E-state index in [2.05, 4.69) is 42.4 Å². The molecule has 0 aromatic rings. The number of nitrogens with two attached hydrogens (primary N) is 1. The van der Waals surface area contributed by atoms with Crippen LogP contribution >= 0.6 is 0 Å². The van der Waals surface area contributed by atoms with Gasteiger partial charge in [0.25, 0.3) is 0 Å². The fourth-order valence-electron chi connectivity index (χ4n) is 5.09. The van der Waals surface area contributed by atoms with E-state index in [1.54, 1.807) is 0 Å². The molecule has 0 bridgehead atoms. The first-order valence-electron chi connectivity index (χ1n) is 11.7. The van der Waals surface area contributed by atoms with E-state index < -0.39 is 0 Å². The molecule has 0 aromatic carbocycles. The molecule has 7 heteroatoms. The number of nitrogens with zero attached hydrogens (tertiary/aromatic N) is 3. The maximum Gasteiger partial charge on any atom is 0.0678 e. The van der Waals surface area contributed by atoms with Crippen molar-refractivity contribution in [3.63, 3.8) is 0 Å². The van der Waals surface area contributed by atoms with Crippen LogP contribution in [0.2, 0.25) is 0 Å². The van der Waals surface area contributed by atoms with Crippen LogP contribution in [0, 0.1) is 0 Å². The predicted octanol–water partition coefficient (Wildman–Crippen LogP) is 1.01. The standard InChI is InChI=1S/C22H44N4O3/c1-18-13-24(9-11-27-18)7-5-22(23,6-8-25-10-12-28-19(2)14-25)17-26-15-20(3)29-21(4)16-26/h18-21H,5-17,23H2,1-4H3. The van der Waals surface area contributed by atoms with Gasteiger partial charge in [-0.05, 0) is 40.5 Å². The van der Waals surface area contributed by atoms with Crippen LogP contribution in [0.1, 0.15) is 40.5 Å². The molecule has 0 amide bonds. The lowest BCUT2D eigenvalue weighted by molar-refractivity contribution is -0.0750. The smallest absolute Gasteiger partial charge is 0.0678 e. The van der Waals surface area contributed by atoms with Gasteiger partial charge in [-0.3, -0.25) is 14.7 Å². The van der Waals surface area contributed by atoms with Gasteiger partial charge in [-0.1, -0.05) is 0 Å². The highest BCUT2D eigenvalue weighted by Gasteiger charge is 2.33. The Morgan fingerprint density at radius 1 is 0.724 bits per heavy atom. The van der Waals surface area contributed by atoms with Crippen LogP contribution < -0.4 is 5.73 Å². The van der Waals surface area contributed by atoms with Crippen LogP contribution in [0.3, 0.4) is 0 Å².